The predicted octanol–water partition coefficient (Wildman–Crippen LogP) is 0.306. The summed E-state index contributed by atoms with van der Waals surface area (Å²) in [5.41, 5.74) is 2.40. The molecule has 1 heterocycles. The SMILES string of the molecule is COC1=CC=CN([O-])N1. The molecule has 1 N–H and O–H groups in total. The van der Waals surface area contributed by atoms with Crippen LogP contribution in [0.25, 0.3) is 0 Å². The summed E-state index contributed by atoms with van der Waals surface area (Å²) in [5.74, 6) is 0.451. The molecule has 1 aliphatic heterocycles. The van der Waals surface area contributed by atoms with Crippen molar-refractivity contribution in [2.24, 2.45) is 0 Å². The van der Waals surface area contributed by atoms with Crippen LogP contribution < -0.4 is 5.43 Å². The maximum Gasteiger partial charge on any atom is 0.204 e. The molecular formula is C5H7N2O2-. The van der Waals surface area contributed by atoms with E-state index in [1.165, 1.54) is 13.3 Å². The second-order valence-electron chi connectivity index (χ2n) is 1.51. The fourth-order valence-corrected chi connectivity index (χ4v) is 0.505. The molecule has 9 heavy (non-hydrogen) atoms. The molecule has 0 amide bonds. The van der Waals surface area contributed by atoms with E-state index in [0.717, 1.165) is 0 Å². The minimum absolute atomic E-state index is 0.451. The van der Waals surface area contributed by atoms with Crippen molar-refractivity contribution in [3.63, 3.8) is 0 Å². The Bertz CT molecular complexity index is 153. The van der Waals surface area contributed by atoms with Crippen LogP contribution in [-0.2, 0) is 4.74 Å². The van der Waals surface area contributed by atoms with Crippen molar-refractivity contribution in [3.8, 4) is 0 Å². The Morgan fingerprint density at radius 3 is 3.00 bits per heavy atom. The Hall–Kier alpha value is -1.16. The van der Waals surface area contributed by atoms with Gasteiger partial charge in [0, 0.05) is 12.3 Å². The molecule has 0 aromatic rings. The van der Waals surface area contributed by atoms with Crippen molar-refractivity contribution in [2.45, 2.75) is 0 Å². The fourth-order valence-electron chi connectivity index (χ4n) is 0.505. The number of hydrogen-bond donors (Lipinski definition) is 1. The number of hydroxylamine groups is 1. The minimum Gasteiger partial charge on any atom is -0.739 e. The number of ether oxygens (including phenoxy) is 1. The average molecular weight is 127 g/mol. The lowest BCUT2D eigenvalue weighted by Crippen LogP contribution is -2.29. The number of rotatable bonds is 1. The topological polar surface area (TPSA) is 47.6 Å². The van der Waals surface area contributed by atoms with Crippen LogP contribution in [0.3, 0.4) is 0 Å². The zero-order valence-corrected chi connectivity index (χ0v) is 5.00. The smallest absolute Gasteiger partial charge is 0.204 e. The van der Waals surface area contributed by atoms with Crippen LogP contribution in [0.2, 0.25) is 0 Å². The van der Waals surface area contributed by atoms with Crippen LogP contribution in [0, 0.1) is 5.21 Å². The normalized spacial score (nSPS) is 16.7. The van der Waals surface area contributed by atoms with Gasteiger partial charge in [-0.15, -0.1) is 0 Å². The van der Waals surface area contributed by atoms with Crippen LogP contribution in [0.15, 0.2) is 24.2 Å². The number of nitrogens with one attached hydrogen (secondary N) is 1. The highest BCUT2D eigenvalue weighted by Crippen LogP contribution is 1.98. The van der Waals surface area contributed by atoms with Crippen LogP contribution in [0.4, 0.5) is 0 Å². The molecule has 1 aliphatic rings. The van der Waals surface area contributed by atoms with Gasteiger partial charge in [0.05, 0.1) is 7.11 Å². The predicted molar refractivity (Wildman–Crippen MR) is 32.6 cm³/mol. The maximum absolute atomic E-state index is 10.4. The maximum atomic E-state index is 10.4. The Kier molecular flexibility index (Phi) is 1.60. The standard InChI is InChI=1S/C5H7N2O2/c1-9-5-3-2-4-7(8)6-5/h2-4,6H,1H3/q-1. The largest absolute Gasteiger partial charge is 0.739 e. The molecule has 0 spiro atoms. The highest BCUT2D eigenvalue weighted by atomic mass is 16.6. The van der Waals surface area contributed by atoms with E-state index in [0.29, 0.717) is 11.1 Å². The van der Waals surface area contributed by atoms with E-state index in [1.807, 2.05) is 0 Å². The second kappa shape index (κ2) is 2.41. The molecule has 0 bridgehead atoms. The van der Waals surface area contributed by atoms with Crippen LogP contribution >= 0.6 is 0 Å². The van der Waals surface area contributed by atoms with E-state index < -0.39 is 0 Å². The lowest BCUT2D eigenvalue weighted by atomic mass is 10.5. The van der Waals surface area contributed by atoms with E-state index in [9.17, 15) is 5.21 Å². The first-order valence-electron chi connectivity index (χ1n) is 2.48. The number of hydrogen-bond acceptors (Lipinski definition) is 4. The van der Waals surface area contributed by atoms with Gasteiger partial charge < -0.3 is 15.1 Å². The summed E-state index contributed by atoms with van der Waals surface area (Å²) in [4.78, 5) is 0. The van der Waals surface area contributed by atoms with Crippen molar-refractivity contribution >= 4 is 0 Å². The van der Waals surface area contributed by atoms with Crippen molar-refractivity contribution in [2.75, 3.05) is 7.11 Å². The Labute approximate surface area is 53.0 Å². The molecular weight excluding hydrogens is 120 g/mol. The average Bonchev–Trinajstić information content (AvgIpc) is 1.88. The first-order chi connectivity index (χ1) is 4.33. The van der Waals surface area contributed by atoms with E-state index in [4.69, 9.17) is 4.74 Å². The molecule has 0 atom stereocenters. The van der Waals surface area contributed by atoms with E-state index in [1.54, 1.807) is 12.2 Å². The summed E-state index contributed by atoms with van der Waals surface area (Å²) < 4.78 is 4.72. The van der Waals surface area contributed by atoms with Gasteiger partial charge in [-0.1, -0.05) is 0 Å². The molecule has 1 rings (SSSR count). The Balaban J connectivity index is 2.55. The lowest BCUT2D eigenvalue weighted by Gasteiger charge is -2.29. The molecule has 0 radical (unpaired) electrons. The van der Waals surface area contributed by atoms with Crippen molar-refractivity contribution in [3.05, 3.63) is 29.4 Å². The summed E-state index contributed by atoms with van der Waals surface area (Å²) in [6, 6.07) is 0. The summed E-state index contributed by atoms with van der Waals surface area (Å²) in [7, 11) is 1.49. The van der Waals surface area contributed by atoms with Gasteiger partial charge in [-0.05, 0) is 6.08 Å². The Morgan fingerprint density at radius 1 is 1.78 bits per heavy atom. The molecule has 0 unspecified atom stereocenters. The first-order valence-corrected chi connectivity index (χ1v) is 2.48. The monoisotopic (exact) mass is 127 g/mol. The van der Waals surface area contributed by atoms with Crippen molar-refractivity contribution in [1.29, 1.82) is 0 Å². The number of allylic oxidation sites excluding steroid dienone is 2. The molecule has 0 aromatic heterocycles. The lowest BCUT2D eigenvalue weighted by molar-refractivity contribution is 0.208. The van der Waals surface area contributed by atoms with Gasteiger partial charge in [0.1, 0.15) is 0 Å². The summed E-state index contributed by atoms with van der Waals surface area (Å²) in [6.07, 6.45) is 4.61. The van der Waals surface area contributed by atoms with Crippen LogP contribution in [0.5, 0.6) is 0 Å². The van der Waals surface area contributed by atoms with Gasteiger partial charge in [-0.25, -0.2) is 0 Å². The van der Waals surface area contributed by atoms with E-state index in [2.05, 4.69) is 5.43 Å². The first kappa shape index (κ1) is 5.97. The van der Waals surface area contributed by atoms with Crippen LogP contribution in [0.1, 0.15) is 0 Å². The molecule has 4 nitrogen and oxygen atoms in total. The van der Waals surface area contributed by atoms with Gasteiger partial charge in [-0.2, -0.15) is 0 Å². The van der Waals surface area contributed by atoms with Crippen LogP contribution in [-0.4, -0.2) is 12.3 Å². The minimum atomic E-state index is 0.451. The third-order valence-corrected chi connectivity index (χ3v) is 0.909. The van der Waals surface area contributed by atoms with Crippen molar-refractivity contribution < 1.29 is 4.74 Å². The highest BCUT2D eigenvalue weighted by molar-refractivity contribution is 5.09. The van der Waals surface area contributed by atoms with E-state index in [-0.39, 0.29) is 0 Å². The molecule has 50 valence electrons. The number of methoxy groups -OCH3 is 1. The van der Waals surface area contributed by atoms with Gasteiger partial charge in [0.25, 0.3) is 0 Å². The zero-order chi connectivity index (χ0) is 6.69. The molecule has 0 fully saturated rings. The number of nitrogens with zero attached hydrogens (tertiary/aromatic N) is 1. The molecule has 0 saturated heterocycles. The fraction of sp³-hybridized carbons (Fsp3) is 0.200. The van der Waals surface area contributed by atoms with Gasteiger partial charge in [0.15, 0.2) is 0 Å². The second-order valence-corrected chi connectivity index (χ2v) is 1.51. The molecule has 0 aliphatic carbocycles. The third kappa shape index (κ3) is 1.36. The van der Waals surface area contributed by atoms with Gasteiger partial charge >= 0.3 is 0 Å². The third-order valence-electron chi connectivity index (χ3n) is 0.909. The van der Waals surface area contributed by atoms with Gasteiger partial charge in [-0.3, -0.25) is 5.43 Å². The number of hydrazine groups is 1. The quantitative estimate of drug-likeness (QED) is 0.550. The highest BCUT2D eigenvalue weighted by Gasteiger charge is 1.94. The Morgan fingerprint density at radius 2 is 2.56 bits per heavy atom. The zero-order valence-electron chi connectivity index (χ0n) is 5.00. The summed E-state index contributed by atoms with van der Waals surface area (Å²) in [5, 5.41) is 11.0. The molecule has 0 aromatic carbocycles. The van der Waals surface area contributed by atoms with E-state index >= 15 is 0 Å². The van der Waals surface area contributed by atoms with Gasteiger partial charge in [0.2, 0.25) is 5.88 Å². The molecule has 0 saturated carbocycles. The summed E-state index contributed by atoms with van der Waals surface area (Å²) in [6.45, 7) is 0. The summed E-state index contributed by atoms with van der Waals surface area (Å²) >= 11 is 0. The van der Waals surface area contributed by atoms with Crippen molar-refractivity contribution in [1.82, 2.24) is 10.6 Å². The molecule has 4 heteroatoms.